The van der Waals surface area contributed by atoms with Gasteiger partial charge in [0.2, 0.25) is 0 Å². The van der Waals surface area contributed by atoms with Crippen LogP contribution in [0.4, 0.5) is 0 Å². The highest BCUT2D eigenvalue weighted by atomic mass is 28.4. The van der Waals surface area contributed by atoms with Gasteiger partial charge in [-0.15, -0.1) is 0 Å². The van der Waals surface area contributed by atoms with Crippen LogP contribution in [-0.4, -0.2) is 36.7 Å². The van der Waals surface area contributed by atoms with E-state index in [-0.39, 0.29) is 29.6 Å². The van der Waals surface area contributed by atoms with Gasteiger partial charge in [0, 0.05) is 18.4 Å². The molecule has 0 amide bonds. The first kappa shape index (κ1) is 27.8. The number of carboxylic acids is 1. The van der Waals surface area contributed by atoms with Crippen molar-refractivity contribution in [1.82, 2.24) is 0 Å². The van der Waals surface area contributed by atoms with Crippen LogP contribution in [0.3, 0.4) is 0 Å². The molecule has 186 valence electrons. The second-order valence-electron chi connectivity index (χ2n) is 11.3. The van der Waals surface area contributed by atoms with E-state index in [2.05, 4.69) is 70.3 Å². The first-order valence-electron chi connectivity index (χ1n) is 12.8. The molecule has 0 fully saturated rings. The zero-order chi connectivity index (χ0) is 24.5. The number of hydrogen-bond acceptors (Lipinski definition) is 3. The van der Waals surface area contributed by atoms with Crippen LogP contribution in [0.2, 0.25) is 18.1 Å². The van der Waals surface area contributed by atoms with Crippen molar-refractivity contribution >= 4 is 14.3 Å². The van der Waals surface area contributed by atoms with Crippen molar-refractivity contribution in [3.63, 3.8) is 0 Å². The van der Waals surface area contributed by atoms with E-state index in [1.807, 2.05) is 0 Å². The van der Waals surface area contributed by atoms with E-state index in [4.69, 9.17) is 9.53 Å². The third-order valence-electron chi connectivity index (χ3n) is 7.55. The number of aliphatic hydroxyl groups excluding tert-OH is 1. The van der Waals surface area contributed by atoms with Gasteiger partial charge < -0.3 is 14.6 Å². The van der Waals surface area contributed by atoms with E-state index in [0.717, 1.165) is 57.8 Å². The molecule has 1 aliphatic rings. The molecule has 1 aromatic rings. The molecule has 0 heterocycles. The maximum atomic E-state index is 10.7. The predicted molar refractivity (Wildman–Crippen MR) is 139 cm³/mol. The van der Waals surface area contributed by atoms with Crippen LogP contribution in [0.25, 0.3) is 0 Å². The summed E-state index contributed by atoms with van der Waals surface area (Å²) in [6.45, 7) is 11.5. The van der Waals surface area contributed by atoms with E-state index >= 15 is 0 Å². The number of aliphatic carboxylic acids is 1. The van der Waals surface area contributed by atoms with E-state index in [1.54, 1.807) is 0 Å². The van der Waals surface area contributed by atoms with Gasteiger partial charge in [0.25, 0.3) is 0 Å². The molecule has 4 nitrogen and oxygen atoms in total. The summed E-state index contributed by atoms with van der Waals surface area (Å²) in [7, 11) is -1.88. The minimum atomic E-state index is -1.88. The summed E-state index contributed by atoms with van der Waals surface area (Å²) >= 11 is 0. The summed E-state index contributed by atoms with van der Waals surface area (Å²) in [4.78, 5) is 10.7. The van der Waals surface area contributed by atoms with Crippen molar-refractivity contribution in [2.24, 2.45) is 5.92 Å². The Morgan fingerprint density at radius 2 is 1.79 bits per heavy atom. The Balaban J connectivity index is 1.94. The normalized spacial score (nSPS) is 20.0. The average molecular weight is 475 g/mol. The molecule has 0 radical (unpaired) electrons. The van der Waals surface area contributed by atoms with Crippen molar-refractivity contribution in [2.45, 2.75) is 115 Å². The molecule has 33 heavy (non-hydrogen) atoms. The molecule has 0 spiro atoms. The molecule has 0 aromatic heterocycles. The average Bonchev–Trinajstić information content (AvgIpc) is 3.08. The lowest BCUT2D eigenvalue weighted by molar-refractivity contribution is -0.137. The third kappa shape index (κ3) is 9.38. The highest BCUT2D eigenvalue weighted by Crippen LogP contribution is 2.39. The monoisotopic (exact) mass is 474 g/mol. The number of rotatable bonds is 14. The summed E-state index contributed by atoms with van der Waals surface area (Å²) in [5.74, 6) is -0.467. The van der Waals surface area contributed by atoms with Crippen molar-refractivity contribution in [2.75, 3.05) is 0 Å². The van der Waals surface area contributed by atoms with Gasteiger partial charge in [-0.3, -0.25) is 4.79 Å². The molecule has 1 aromatic carbocycles. The number of benzene rings is 1. The molecule has 5 heteroatoms. The maximum Gasteiger partial charge on any atom is 0.303 e. The number of carboxylic acid groups (broad SMARTS) is 1. The van der Waals surface area contributed by atoms with E-state index in [1.165, 1.54) is 11.1 Å². The van der Waals surface area contributed by atoms with Crippen molar-refractivity contribution in [3.05, 3.63) is 47.5 Å². The Morgan fingerprint density at radius 1 is 1.12 bits per heavy atom. The number of aliphatic hydroxyl groups is 1. The minimum Gasteiger partial charge on any atom is -0.481 e. The van der Waals surface area contributed by atoms with Gasteiger partial charge in [-0.05, 0) is 62.2 Å². The summed E-state index contributed by atoms with van der Waals surface area (Å²) in [6, 6.07) is 10.6. The largest absolute Gasteiger partial charge is 0.481 e. The first-order valence-corrected chi connectivity index (χ1v) is 15.7. The van der Waals surface area contributed by atoms with Gasteiger partial charge in [0.15, 0.2) is 8.32 Å². The van der Waals surface area contributed by atoms with Crippen LogP contribution in [-0.2, 0) is 15.6 Å². The van der Waals surface area contributed by atoms with Crippen LogP contribution in [0, 0.1) is 5.92 Å². The topological polar surface area (TPSA) is 66.8 Å². The van der Waals surface area contributed by atoms with Crippen LogP contribution in [0.15, 0.2) is 42.0 Å². The quantitative estimate of drug-likeness (QED) is 0.171. The lowest BCUT2D eigenvalue weighted by Crippen LogP contribution is -2.44. The summed E-state index contributed by atoms with van der Waals surface area (Å²) in [6.07, 6.45) is 10.8. The fourth-order valence-corrected chi connectivity index (χ4v) is 5.88. The second kappa shape index (κ2) is 12.9. The second-order valence-corrected chi connectivity index (χ2v) is 16.0. The van der Waals surface area contributed by atoms with Gasteiger partial charge in [-0.1, -0.05) is 82.0 Å². The van der Waals surface area contributed by atoms with Crippen LogP contribution in [0.1, 0.15) is 84.1 Å². The van der Waals surface area contributed by atoms with Gasteiger partial charge in [0.1, 0.15) is 0 Å². The van der Waals surface area contributed by atoms with Gasteiger partial charge in [-0.2, -0.15) is 0 Å². The smallest absolute Gasteiger partial charge is 0.303 e. The highest BCUT2D eigenvalue weighted by Gasteiger charge is 2.39. The van der Waals surface area contributed by atoms with Crippen molar-refractivity contribution in [1.29, 1.82) is 0 Å². The van der Waals surface area contributed by atoms with Gasteiger partial charge in [-0.25, -0.2) is 0 Å². The molecule has 0 unspecified atom stereocenters. The first-order chi connectivity index (χ1) is 15.5. The molecule has 0 bridgehead atoms. The Kier molecular flexibility index (Phi) is 10.8. The molecular formula is C28H46O4Si. The Morgan fingerprint density at radius 3 is 2.42 bits per heavy atom. The molecule has 3 atom stereocenters. The molecule has 0 aliphatic heterocycles. The molecule has 2 N–H and O–H groups in total. The molecule has 0 saturated heterocycles. The molecule has 0 saturated carbocycles. The van der Waals surface area contributed by atoms with E-state index in [9.17, 15) is 9.90 Å². The lowest BCUT2D eigenvalue weighted by atomic mass is 9.89. The standard InChI is InChI=1S/C28H46O4Si/c1-28(2,3)33(4,5)32-24(21-22-13-9-8-10-14-22)19-17-23-18-20-26(29)25(23)15-11-6-7-12-16-27(30)31/h8-10,13-14,18,24-26,29H,6-7,11-12,15-17,19-21H2,1-5H3,(H,30,31)/t24-,25+,26-/m0/s1. The summed E-state index contributed by atoms with van der Waals surface area (Å²) < 4.78 is 6.87. The zero-order valence-electron chi connectivity index (χ0n) is 21.5. The lowest BCUT2D eigenvalue weighted by Gasteiger charge is -2.39. The Bertz CT molecular complexity index is 751. The van der Waals surface area contributed by atoms with E-state index < -0.39 is 14.3 Å². The van der Waals surface area contributed by atoms with Crippen molar-refractivity contribution in [3.8, 4) is 0 Å². The Hall–Kier alpha value is -1.43. The van der Waals surface area contributed by atoms with Crippen LogP contribution in [0.5, 0.6) is 0 Å². The fraction of sp³-hybridized carbons (Fsp3) is 0.679. The minimum absolute atomic E-state index is 0.175. The molecule has 1 aliphatic carbocycles. The highest BCUT2D eigenvalue weighted by molar-refractivity contribution is 6.74. The Labute approximate surface area is 202 Å². The van der Waals surface area contributed by atoms with Gasteiger partial charge >= 0.3 is 5.97 Å². The molecular weight excluding hydrogens is 428 g/mol. The maximum absolute atomic E-state index is 10.7. The summed E-state index contributed by atoms with van der Waals surface area (Å²) in [5.41, 5.74) is 2.71. The fourth-order valence-electron chi connectivity index (χ4n) is 4.49. The van der Waals surface area contributed by atoms with E-state index in [0.29, 0.717) is 0 Å². The SMILES string of the molecule is CC(C)(C)[Si](C)(C)O[C@@H](CCC1=CC[C@H](O)[C@@H]1CCCCCCC(=O)O)Cc1ccccc1. The summed E-state index contributed by atoms with van der Waals surface area (Å²) in [5, 5.41) is 19.5. The number of hydrogen-bond donors (Lipinski definition) is 2. The van der Waals surface area contributed by atoms with Crippen LogP contribution >= 0.6 is 0 Å². The van der Waals surface area contributed by atoms with Gasteiger partial charge in [0.05, 0.1) is 6.10 Å². The predicted octanol–water partition coefficient (Wildman–Crippen LogP) is 7.13. The zero-order valence-corrected chi connectivity index (χ0v) is 22.5. The van der Waals surface area contributed by atoms with Crippen LogP contribution < -0.4 is 0 Å². The number of carbonyl (C=O) groups is 1. The van der Waals surface area contributed by atoms with Crippen molar-refractivity contribution < 1.29 is 19.4 Å². The number of unbranched alkanes of at least 4 members (excludes halogenated alkanes) is 3. The third-order valence-corrected chi connectivity index (χ3v) is 12.1. The molecule has 2 rings (SSSR count).